The SMILES string of the molecule is COc1ccc(CC(=O)Nn2c3c(c4ccc(OC)c(OC)c4c2=O)C(=O)c2ccccc2-3)cc1OC. The van der Waals surface area contributed by atoms with Crippen molar-refractivity contribution < 1.29 is 28.5 Å². The average molecular weight is 501 g/mol. The number of carbonyl (C=O) groups is 2. The van der Waals surface area contributed by atoms with E-state index in [0.717, 1.165) is 4.68 Å². The number of methoxy groups -OCH3 is 4. The molecule has 0 fully saturated rings. The maximum Gasteiger partial charge on any atom is 0.281 e. The number of ketones is 1. The summed E-state index contributed by atoms with van der Waals surface area (Å²) >= 11 is 0. The predicted molar refractivity (Wildman–Crippen MR) is 138 cm³/mol. The van der Waals surface area contributed by atoms with Crippen LogP contribution in [0.4, 0.5) is 0 Å². The fraction of sp³-hybridized carbons (Fsp3) is 0.179. The maximum absolute atomic E-state index is 13.9. The largest absolute Gasteiger partial charge is 0.493 e. The number of ether oxygens (including phenoxy) is 4. The minimum absolute atomic E-state index is 0.0511. The zero-order valence-corrected chi connectivity index (χ0v) is 20.7. The Kier molecular flexibility index (Phi) is 6.04. The van der Waals surface area contributed by atoms with E-state index >= 15 is 0 Å². The van der Waals surface area contributed by atoms with Gasteiger partial charge in [0.2, 0.25) is 5.91 Å². The summed E-state index contributed by atoms with van der Waals surface area (Å²) in [4.78, 5) is 40.6. The van der Waals surface area contributed by atoms with E-state index in [2.05, 4.69) is 5.43 Å². The monoisotopic (exact) mass is 500 g/mol. The van der Waals surface area contributed by atoms with Gasteiger partial charge in [0.05, 0.1) is 51.5 Å². The van der Waals surface area contributed by atoms with Gasteiger partial charge in [-0.15, -0.1) is 0 Å². The van der Waals surface area contributed by atoms with Crippen LogP contribution in [-0.4, -0.2) is 44.8 Å². The standard InChI is InChI=1S/C28H24N2O7/c1-34-19-11-9-15(13-21(19)36-3)14-22(31)29-30-25-16-7-5-6-8-17(16)26(32)23(25)18-10-12-20(35-2)27(37-4)24(18)28(30)33/h5-13H,14H2,1-4H3,(H,29,31). The van der Waals surface area contributed by atoms with Gasteiger partial charge in [-0.2, -0.15) is 0 Å². The number of hydrogen-bond donors (Lipinski definition) is 1. The second-order valence-electron chi connectivity index (χ2n) is 8.36. The molecule has 1 N–H and O–H groups in total. The number of benzene rings is 3. The zero-order valence-electron chi connectivity index (χ0n) is 20.7. The molecule has 9 heteroatoms. The number of rotatable bonds is 7. The van der Waals surface area contributed by atoms with Crippen molar-refractivity contribution in [2.45, 2.75) is 6.42 Å². The highest BCUT2D eigenvalue weighted by molar-refractivity contribution is 6.27. The fourth-order valence-electron chi connectivity index (χ4n) is 4.75. The minimum Gasteiger partial charge on any atom is -0.493 e. The molecule has 4 aromatic rings. The Balaban J connectivity index is 1.68. The molecule has 1 aromatic heterocycles. The second kappa shape index (κ2) is 9.34. The molecule has 1 aliphatic rings. The number of carbonyl (C=O) groups excluding carboxylic acids is 2. The van der Waals surface area contributed by atoms with Crippen molar-refractivity contribution in [3.05, 3.63) is 81.6 Å². The van der Waals surface area contributed by atoms with Crippen LogP contribution in [0.3, 0.4) is 0 Å². The molecular weight excluding hydrogens is 476 g/mol. The fourth-order valence-corrected chi connectivity index (χ4v) is 4.75. The Bertz CT molecular complexity index is 1640. The van der Waals surface area contributed by atoms with Gasteiger partial charge in [0, 0.05) is 16.5 Å². The highest BCUT2D eigenvalue weighted by Crippen LogP contribution is 2.42. The van der Waals surface area contributed by atoms with E-state index in [1.807, 2.05) is 0 Å². The molecule has 3 aromatic carbocycles. The molecule has 1 heterocycles. The van der Waals surface area contributed by atoms with E-state index in [1.165, 1.54) is 28.4 Å². The molecule has 0 saturated carbocycles. The number of fused-ring (bicyclic) bond motifs is 5. The maximum atomic E-state index is 13.9. The third-order valence-electron chi connectivity index (χ3n) is 6.40. The zero-order chi connectivity index (χ0) is 26.3. The number of nitrogens with zero attached hydrogens (tertiary/aromatic N) is 1. The van der Waals surface area contributed by atoms with Gasteiger partial charge in [0.25, 0.3) is 5.56 Å². The van der Waals surface area contributed by atoms with Gasteiger partial charge in [-0.1, -0.05) is 30.3 Å². The highest BCUT2D eigenvalue weighted by Gasteiger charge is 2.34. The lowest BCUT2D eigenvalue weighted by molar-refractivity contribution is -0.116. The quantitative estimate of drug-likeness (QED) is 0.364. The first-order valence-corrected chi connectivity index (χ1v) is 11.4. The second-order valence-corrected chi connectivity index (χ2v) is 8.36. The van der Waals surface area contributed by atoms with Crippen LogP contribution in [0.5, 0.6) is 23.0 Å². The van der Waals surface area contributed by atoms with Crippen LogP contribution in [0.25, 0.3) is 22.0 Å². The summed E-state index contributed by atoms with van der Waals surface area (Å²) in [7, 11) is 5.91. The van der Waals surface area contributed by atoms with E-state index < -0.39 is 11.5 Å². The third-order valence-corrected chi connectivity index (χ3v) is 6.40. The first-order valence-electron chi connectivity index (χ1n) is 11.4. The number of pyridine rings is 1. The third kappa shape index (κ3) is 3.76. The van der Waals surface area contributed by atoms with E-state index in [4.69, 9.17) is 18.9 Å². The van der Waals surface area contributed by atoms with Crippen LogP contribution >= 0.6 is 0 Å². The Labute approximate surface area is 212 Å². The van der Waals surface area contributed by atoms with Gasteiger partial charge in [0.15, 0.2) is 28.8 Å². The Morgan fingerprint density at radius 3 is 2.16 bits per heavy atom. The molecular formula is C28H24N2O7. The molecule has 1 aliphatic carbocycles. The molecule has 0 radical (unpaired) electrons. The lowest BCUT2D eigenvalue weighted by Crippen LogP contribution is -2.35. The molecule has 37 heavy (non-hydrogen) atoms. The van der Waals surface area contributed by atoms with E-state index in [9.17, 15) is 14.4 Å². The summed E-state index contributed by atoms with van der Waals surface area (Å²) in [5, 5.41) is 0.553. The summed E-state index contributed by atoms with van der Waals surface area (Å²) in [5.41, 5.74) is 4.45. The van der Waals surface area contributed by atoms with Crippen LogP contribution in [0.15, 0.2) is 59.4 Å². The number of nitrogens with one attached hydrogen (secondary N) is 1. The molecule has 9 nitrogen and oxygen atoms in total. The molecule has 0 spiro atoms. The highest BCUT2D eigenvalue weighted by atomic mass is 16.5. The summed E-state index contributed by atoms with van der Waals surface area (Å²) in [6.45, 7) is 0. The van der Waals surface area contributed by atoms with Crippen LogP contribution < -0.4 is 29.9 Å². The molecule has 0 bridgehead atoms. The summed E-state index contributed by atoms with van der Waals surface area (Å²) < 4.78 is 22.6. The normalized spacial score (nSPS) is 11.6. The lowest BCUT2D eigenvalue weighted by atomic mass is 10.0. The van der Waals surface area contributed by atoms with Crippen LogP contribution in [0.2, 0.25) is 0 Å². The molecule has 0 unspecified atom stereocenters. The van der Waals surface area contributed by atoms with Crippen molar-refractivity contribution >= 4 is 22.5 Å². The minimum atomic E-state index is -0.547. The summed E-state index contributed by atoms with van der Waals surface area (Å²) in [5.74, 6) is 0.817. The van der Waals surface area contributed by atoms with Crippen LogP contribution in [-0.2, 0) is 11.2 Å². The predicted octanol–water partition coefficient (Wildman–Crippen LogP) is 3.56. The number of amides is 1. The van der Waals surface area contributed by atoms with Gasteiger partial charge in [0.1, 0.15) is 0 Å². The van der Waals surface area contributed by atoms with E-state index in [1.54, 1.807) is 54.6 Å². The topological polar surface area (TPSA) is 105 Å². The van der Waals surface area contributed by atoms with Crippen LogP contribution in [0.1, 0.15) is 21.5 Å². The number of aromatic nitrogens is 1. The van der Waals surface area contributed by atoms with Gasteiger partial charge < -0.3 is 18.9 Å². The Morgan fingerprint density at radius 1 is 0.811 bits per heavy atom. The molecule has 0 saturated heterocycles. The van der Waals surface area contributed by atoms with Gasteiger partial charge in [-0.3, -0.25) is 19.8 Å². The molecule has 0 aliphatic heterocycles. The van der Waals surface area contributed by atoms with Crippen molar-refractivity contribution in [3.8, 4) is 34.3 Å². The van der Waals surface area contributed by atoms with Crippen molar-refractivity contribution in [3.63, 3.8) is 0 Å². The van der Waals surface area contributed by atoms with Gasteiger partial charge in [-0.25, -0.2) is 4.68 Å². The Hall–Kier alpha value is -4.79. The van der Waals surface area contributed by atoms with Gasteiger partial charge >= 0.3 is 0 Å². The molecule has 1 amide bonds. The molecule has 5 rings (SSSR count). The Morgan fingerprint density at radius 2 is 1.49 bits per heavy atom. The lowest BCUT2D eigenvalue weighted by Gasteiger charge is -2.18. The average Bonchev–Trinajstić information content (AvgIpc) is 3.22. The number of hydrogen-bond acceptors (Lipinski definition) is 7. The summed E-state index contributed by atoms with van der Waals surface area (Å²) in [6, 6.07) is 15.4. The van der Waals surface area contributed by atoms with Crippen molar-refractivity contribution in [2.75, 3.05) is 33.9 Å². The van der Waals surface area contributed by atoms with Crippen LogP contribution in [0, 0.1) is 0 Å². The van der Waals surface area contributed by atoms with Crippen molar-refractivity contribution in [1.29, 1.82) is 0 Å². The smallest absolute Gasteiger partial charge is 0.281 e. The first-order chi connectivity index (χ1) is 17.9. The summed E-state index contributed by atoms with van der Waals surface area (Å²) in [6.07, 6.45) is -0.0511. The van der Waals surface area contributed by atoms with Crippen molar-refractivity contribution in [2.24, 2.45) is 0 Å². The molecule has 0 atom stereocenters. The van der Waals surface area contributed by atoms with E-state index in [0.29, 0.717) is 50.6 Å². The molecule has 188 valence electrons. The van der Waals surface area contributed by atoms with Gasteiger partial charge in [-0.05, 0) is 29.8 Å². The first kappa shape index (κ1) is 23.9. The van der Waals surface area contributed by atoms with E-state index in [-0.39, 0.29) is 23.3 Å². The van der Waals surface area contributed by atoms with Crippen molar-refractivity contribution in [1.82, 2.24) is 4.68 Å².